The monoisotopic (exact) mass is 349 g/mol. The van der Waals surface area contributed by atoms with E-state index >= 15 is 0 Å². The lowest BCUT2D eigenvalue weighted by Gasteiger charge is -2.01. The lowest BCUT2D eigenvalue weighted by atomic mass is 10.2. The van der Waals surface area contributed by atoms with E-state index in [1.807, 2.05) is 48.7 Å². The fraction of sp³-hybridized carbons (Fsp3) is 0. The van der Waals surface area contributed by atoms with Crippen molar-refractivity contribution < 1.29 is 0 Å². The zero-order chi connectivity index (χ0) is 14.9. The molecule has 1 aromatic carbocycles. The Morgan fingerprint density at radius 1 is 0.864 bits per heavy atom. The van der Waals surface area contributed by atoms with Crippen LogP contribution in [0.3, 0.4) is 0 Å². The predicted octanol–water partition coefficient (Wildman–Crippen LogP) is 4.83. The number of halogens is 1. The summed E-state index contributed by atoms with van der Waals surface area (Å²) in [6.45, 7) is 0. The number of hydrogen-bond acceptors (Lipinski definition) is 2. The maximum absolute atomic E-state index is 4.84. The van der Waals surface area contributed by atoms with Gasteiger partial charge in [-0.25, -0.2) is 4.98 Å². The second kappa shape index (κ2) is 5.39. The minimum Gasteiger partial charge on any atom is -0.299 e. The van der Waals surface area contributed by atoms with Gasteiger partial charge in [0.05, 0.1) is 11.2 Å². The summed E-state index contributed by atoms with van der Waals surface area (Å²) in [7, 11) is 0. The van der Waals surface area contributed by atoms with Gasteiger partial charge in [-0.1, -0.05) is 40.2 Å². The van der Waals surface area contributed by atoms with Gasteiger partial charge in [0.2, 0.25) is 0 Å². The molecule has 4 aromatic rings. The highest BCUT2D eigenvalue weighted by atomic mass is 79.9. The molecule has 0 saturated carbocycles. The molecule has 22 heavy (non-hydrogen) atoms. The summed E-state index contributed by atoms with van der Waals surface area (Å²) >= 11 is 3.47. The van der Waals surface area contributed by atoms with Crippen molar-refractivity contribution in [3.63, 3.8) is 0 Å². The van der Waals surface area contributed by atoms with E-state index in [2.05, 4.69) is 43.5 Å². The zero-order valence-corrected chi connectivity index (χ0v) is 13.2. The molecule has 0 aliphatic carbocycles. The van der Waals surface area contributed by atoms with Crippen molar-refractivity contribution in [3.05, 3.63) is 77.5 Å². The summed E-state index contributed by atoms with van der Waals surface area (Å²) in [4.78, 5) is 9.28. The van der Waals surface area contributed by atoms with Gasteiger partial charge in [-0.15, -0.1) is 0 Å². The van der Waals surface area contributed by atoms with Crippen LogP contribution in [0.1, 0.15) is 0 Å². The summed E-state index contributed by atoms with van der Waals surface area (Å²) in [5, 5.41) is 0. The normalized spacial score (nSPS) is 11.0. The van der Waals surface area contributed by atoms with E-state index in [0.29, 0.717) is 0 Å². The summed E-state index contributed by atoms with van der Waals surface area (Å²) in [6.07, 6.45) is 3.83. The van der Waals surface area contributed by atoms with Crippen molar-refractivity contribution in [3.8, 4) is 22.8 Å². The molecule has 0 amide bonds. The van der Waals surface area contributed by atoms with Gasteiger partial charge < -0.3 is 0 Å². The van der Waals surface area contributed by atoms with Crippen LogP contribution in [0.5, 0.6) is 0 Å². The van der Waals surface area contributed by atoms with Gasteiger partial charge in [0, 0.05) is 22.4 Å². The molecule has 0 spiro atoms. The lowest BCUT2D eigenvalue weighted by Crippen LogP contribution is -1.87. The molecule has 3 aromatic heterocycles. The second-order valence-electron chi connectivity index (χ2n) is 4.96. The van der Waals surface area contributed by atoms with Gasteiger partial charge in [-0.2, -0.15) is 0 Å². The Hall–Kier alpha value is -2.46. The SMILES string of the molecule is Brc1ccc(-c2nc(-c3ccccn3)c3ccccn23)cc1. The van der Waals surface area contributed by atoms with E-state index in [-0.39, 0.29) is 0 Å². The quantitative estimate of drug-likeness (QED) is 0.519. The van der Waals surface area contributed by atoms with Crippen LogP contribution in [0.25, 0.3) is 28.3 Å². The number of imidazole rings is 1. The third-order valence-corrected chi connectivity index (χ3v) is 4.09. The number of nitrogens with zero attached hydrogens (tertiary/aromatic N) is 3. The Bertz CT molecular complexity index is 928. The van der Waals surface area contributed by atoms with Crippen LogP contribution in [0.2, 0.25) is 0 Å². The standard InChI is InChI=1S/C18H12BrN3/c19-14-9-7-13(8-10-14)18-21-17(15-5-1-3-11-20-15)16-6-2-4-12-22(16)18/h1-12H. The maximum atomic E-state index is 4.84. The fourth-order valence-electron chi connectivity index (χ4n) is 2.53. The molecule has 3 nitrogen and oxygen atoms in total. The van der Waals surface area contributed by atoms with Crippen molar-refractivity contribution in [2.24, 2.45) is 0 Å². The first-order chi connectivity index (χ1) is 10.8. The molecule has 0 aliphatic heterocycles. The summed E-state index contributed by atoms with van der Waals surface area (Å²) < 4.78 is 3.16. The van der Waals surface area contributed by atoms with Crippen LogP contribution in [0.4, 0.5) is 0 Å². The van der Waals surface area contributed by atoms with Gasteiger partial charge in [0.25, 0.3) is 0 Å². The summed E-state index contributed by atoms with van der Waals surface area (Å²) in [5.41, 5.74) is 3.92. The van der Waals surface area contributed by atoms with Crippen LogP contribution >= 0.6 is 15.9 Å². The van der Waals surface area contributed by atoms with Crippen LogP contribution in [0.15, 0.2) is 77.5 Å². The number of pyridine rings is 2. The molecule has 0 saturated heterocycles. The minimum atomic E-state index is 0.884. The molecular formula is C18H12BrN3. The molecule has 0 N–H and O–H groups in total. The smallest absolute Gasteiger partial charge is 0.145 e. The molecule has 0 atom stereocenters. The largest absolute Gasteiger partial charge is 0.299 e. The van der Waals surface area contributed by atoms with E-state index in [0.717, 1.165) is 32.8 Å². The molecule has 0 bridgehead atoms. The Balaban J connectivity index is 1.99. The zero-order valence-electron chi connectivity index (χ0n) is 11.6. The van der Waals surface area contributed by atoms with Crippen LogP contribution < -0.4 is 0 Å². The van der Waals surface area contributed by atoms with Gasteiger partial charge >= 0.3 is 0 Å². The highest BCUT2D eigenvalue weighted by Crippen LogP contribution is 2.29. The maximum Gasteiger partial charge on any atom is 0.145 e. The number of aromatic nitrogens is 3. The van der Waals surface area contributed by atoms with Crippen molar-refractivity contribution >= 4 is 21.4 Å². The van der Waals surface area contributed by atoms with Crippen LogP contribution in [-0.2, 0) is 0 Å². The fourth-order valence-corrected chi connectivity index (χ4v) is 2.80. The van der Waals surface area contributed by atoms with E-state index in [4.69, 9.17) is 4.98 Å². The molecular weight excluding hydrogens is 338 g/mol. The lowest BCUT2D eigenvalue weighted by molar-refractivity contribution is 1.16. The minimum absolute atomic E-state index is 0.884. The first kappa shape index (κ1) is 13.2. The molecule has 4 heteroatoms. The van der Waals surface area contributed by atoms with Gasteiger partial charge in [0.15, 0.2) is 0 Å². The van der Waals surface area contributed by atoms with Gasteiger partial charge in [-0.3, -0.25) is 9.38 Å². The Kier molecular flexibility index (Phi) is 3.24. The molecule has 0 aliphatic rings. The number of hydrogen-bond donors (Lipinski definition) is 0. The summed E-state index contributed by atoms with van der Waals surface area (Å²) in [5.74, 6) is 0.920. The Labute approximate surface area is 136 Å². The average molecular weight is 350 g/mol. The van der Waals surface area contributed by atoms with E-state index < -0.39 is 0 Å². The first-order valence-corrected chi connectivity index (χ1v) is 7.77. The van der Waals surface area contributed by atoms with Crippen LogP contribution in [-0.4, -0.2) is 14.4 Å². The molecule has 0 fully saturated rings. The van der Waals surface area contributed by atoms with E-state index in [1.54, 1.807) is 6.20 Å². The van der Waals surface area contributed by atoms with Crippen molar-refractivity contribution in [2.45, 2.75) is 0 Å². The third kappa shape index (κ3) is 2.22. The van der Waals surface area contributed by atoms with Crippen molar-refractivity contribution in [1.82, 2.24) is 14.4 Å². The van der Waals surface area contributed by atoms with Crippen molar-refractivity contribution in [1.29, 1.82) is 0 Å². The first-order valence-electron chi connectivity index (χ1n) is 6.97. The molecule has 0 unspecified atom stereocenters. The predicted molar refractivity (Wildman–Crippen MR) is 91.6 cm³/mol. The number of rotatable bonds is 2. The molecule has 106 valence electrons. The molecule has 3 heterocycles. The third-order valence-electron chi connectivity index (χ3n) is 3.56. The second-order valence-corrected chi connectivity index (χ2v) is 5.88. The van der Waals surface area contributed by atoms with Crippen molar-refractivity contribution in [2.75, 3.05) is 0 Å². The highest BCUT2D eigenvalue weighted by Gasteiger charge is 2.14. The Morgan fingerprint density at radius 3 is 2.45 bits per heavy atom. The average Bonchev–Trinajstić information content (AvgIpc) is 2.96. The highest BCUT2D eigenvalue weighted by molar-refractivity contribution is 9.10. The van der Waals surface area contributed by atoms with Gasteiger partial charge in [0.1, 0.15) is 11.5 Å². The number of benzene rings is 1. The molecule has 4 rings (SSSR count). The Morgan fingerprint density at radius 2 is 1.68 bits per heavy atom. The summed E-state index contributed by atoms with van der Waals surface area (Å²) in [6, 6.07) is 20.2. The van der Waals surface area contributed by atoms with Crippen LogP contribution in [0, 0.1) is 0 Å². The van der Waals surface area contributed by atoms with E-state index in [1.165, 1.54) is 0 Å². The van der Waals surface area contributed by atoms with E-state index in [9.17, 15) is 0 Å². The topological polar surface area (TPSA) is 30.2 Å². The number of fused-ring (bicyclic) bond motifs is 1. The van der Waals surface area contributed by atoms with Gasteiger partial charge in [-0.05, 0) is 36.4 Å². The molecule has 0 radical (unpaired) electrons.